The Morgan fingerprint density at radius 1 is 1.35 bits per heavy atom. The summed E-state index contributed by atoms with van der Waals surface area (Å²) in [4.78, 5) is 15.5. The minimum absolute atomic E-state index is 0.0477. The number of nitrogens with one attached hydrogen (secondary N) is 2. The molecule has 1 amide bonds. The van der Waals surface area contributed by atoms with Crippen LogP contribution in [-0.2, 0) is 0 Å². The summed E-state index contributed by atoms with van der Waals surface area (Å²) < 4.78 is 0. The normalized spacial score (nSPS) is 12.9. The van der Waals surface area contributed by atoms with Crippen LogP contribution in [0.5, 0.6) is 0 Å². The van der Waals surface area contributed by atoms with Crippen molar-refractivity contribution in [3.05, 3.63) is 35.0 Å². The molecule has 4 heteroatoms. The number of aliphatic hydroxyl groups is 1. The van der Waals surface area contributed by atoms with Crippen LogP contribution in [-0.4, -0.2) is 28.6 Å². The van der Waals surface area contributed by atoms with Crippen molar-refractivity contribution in [1.82, 2.24) is 10.3 Å². The summed E-state index contributed by atoms with van der Waals surface area (Å²) in [7, 11) is 0. The molecule has 0 fully saturated rings. The van der Waals surface area contributed by atoms with Gasteiger partial charge in [0.1, 0.15) is 0 Å². The van der Waals surface area contributed by atoms with Crippen molar-refractivity contribution in [2.45, 2.75) is 33.7 Å². The van der Waals surface area contributed by atoms with Gasteiger partial charge in [0.05, 0.1) is 12.6 Å². The van der Waals surface area contributed by atoms with E-state index in [2.05, 4.69) is 10.3 Å². The number of rotatable bonds is 4. The van der Waals surface area contributed by atoms with Crippen molar-refractivity contribution >= 4 is 16.8 Å². The average molecular weight is 274 g/mol. The van der Waals surface area contributed by atoms with Gasteiger partial charge in [0, 0.05) is 22.2 Å². The Morgan fingerprint density at radius 3 is 2.65 bits per heavy atom. The number of aryl methyl sites for hydroxylation is 2. The molecule has 0 aliphatic heterocycles. The first-order chi connectivity index (χ1) is 9.43. The summed E-state index contributed by atoms with van der Waals surface area (Å²) in [6, 6.07) is 5.42. The zero-order valence-electron chi connectivity index (χ0n) is 12.4. The van der Waals surface area contributed by atoms with Gasteiger partial charge in [-0.15, -0.1) is 0 Å². The third kappa shape index (κ3) is 2.70. The summed E-state index contributed by atoms with van der Waals surface area (Å²) in [6.07, 6.45) is 0. The van der Waals surface area contributed by atoms with Gasteiger partial charge < -0.3 is 15.4 Å². The molecule has 3 N–H and O–H groups in total. The van der Waals surface area contributed by atoms with E-state index in [1.807, 2.05) is 45.9 Å². The summed E-state index contributed by atoms with van der Waals surface area (Å²) >= 11 is 0. The largest absolute Gasteiger partial charge is 0.394 e. The number of aromatic nitrogens is 1. The fourth-order valence-electron chi connectivity index (χ4n) is 2.28. The number of hydrogen-bond donors (Lipinski definition) is 3. The van der Waals surface area contributed by atoms with Crippen LogP contribution in [0, 0.1) is 19.8 Å². The first-order valence-corrected chi connectivity index (χ1v) is 6.94. The van der Waals surface area contributed by atoms with E-state index in [0.29, 0.717) is 5.56 Å². The Morgan fingerprint density at radius 2 is 2.05 bits per heavy atom. The van der Waals surface area contributed by atoms with Crippen LogP contribution in [0.15, 0.2) is 18.2 Å². The third-order valence-electron chi connectivity index (χ3n) is 3.89. The van der Waals surface area contributed by atoms with Gasteiger partial charge in [0.2, 0.25) is 0 Å². The van der Waals surface area contributed by atoms with Crippen molar-refractivity contribution in [2.75, 3.05) is 6.61 Å². The highest BCUT2D eigenvalue weighted by atomic mass is 16.3. The molecule has 20 heavy (non-hydrogen) atoms. The second-order valence-corrected chi connectivity index (χ2v) is 5.64. The number of carbonyl (C=O) groups is 1. The lowest BCUT2D eigenvalue weighted by Crippen LogP contribution is -2.41. The maximum absolute atomic E-state index is 12.2. The monoisotopic (exact) mass is 274 g/mol. The molecule has 1 aromatic heterocycles. The maximum atomic E-state index is 12.2. The van der Waals surface area contributed by atoms with Gasteiger partial charge in [-0.05, 0) is 43.5 Å². The summed E-state index contributed by atoms with van der Waals surface area (Å²) in [5.74, 6) is 0.0572. The number of fused-ring (bicyclic) bond motifs is 1. The number of carbonyl (C=O) groups excluding carboxylic acids is 1. The molecule has 0 radical (unpaired) electrons. The van der Waals surface area contributed by atoms with Gasteiger partial charge in [-0.1, -0.05) is 13.8 Å². The Kier molecular flexibility index (Phi) is 4.14. The van der Waals surface area contributed by atoms with Crippen molar-refractivity contribution in [1.29, 1.82) is 0 Å². The molecule has 1 heterocycles. The van der Waals surface area contributed by atoms with Gasteiger partial charge in [0.25, 0.3) is 5.91 Å². The quantitative estimate of drug-likeness (QED) is 0.802. The SMILES string of the molecule is Cc1[nH]c2ccc(C(=O)N[C@H](CO)C(C)C)cc2c1C. The molecular formula is C16H22N2O2. The molecule has 0 unspecified atom stereocenters. The van der Waals surface area contributed by atoms with Crippen LogP contribution in [0.3, 0.4) is 0 Å². The standard InChI is InChI=1S/C16H22N2O2/c1-9(2)15(8-19)18-16(20)12-5-6-14-13(7-12)10(3)11(4)17-14/h5-7,9,15,17,19H,8H2,1-4H3,(H,18,20)/t15-/m1/s1. The predicted octanol–water partition coefficient (Wildman–Crippen LogP) is 2.53. The molecule has 1 aromatic carbocycles. The zero-order chi connectivity index (χ0) is 14.9. The lowest BCUT2D eigenvalue weighted by Gasteiger charge is -2.19. The fraction of sp³-hybridized carbons (Fsp3) is 0.438. The lowest BCUT2D eigenvalue weighted by atomic mass is 10.0. The van der Waals surface area contributed by atoms with Crippen LogP contribution in [0.2, 0.25) is 0 Å². The molecular weight excluding hydrogens is 252 g/mol. The zero-order valence-corrected chi connectivity index (χ0v) is 12.4. The molecule has 0 spiro atoms. The molecule has 0 aliphatic carbocycles. The van der Waals surface area contributed by atoms with E-state index in [9.17, 15) is 9.90 Å². The van der Waals surface area contributed by atoms with E-state index in [-0.39, 0.29) is 24.5 Å². The summed E-state index contributed by atoms with van der Waals surface area (Å²) in [5.41, 5.74) is 3.95. The summed E-state index contributed by atoms with van der Waals surface area (Å²) in [6.45, 7) is 7.97. The fourth-order valence-corrected chi connectivity index (χ4v) is 2.28. The highest BCUT2D eigenvalue weighted by molar-refractivity contribution is 5.99. The molecule has 2 aromatic rings. The number of aliphatic hydroxyl groups excluding tert-OH is 1. The number of H-pyrrole nitrogens is 1. The number of hydrogen-bond acceptors (Lipinski definition) is 2. The van der Waals surface area contributed by atoms with Gasteiger partial charge in [-0.3, -0.25) is 4.79 Å². The Bertz CT molecular complexity index is 629. The molecule has 0 aliphatic rings. The van der Waals surface area contributed by atoms with E-state index >= 15 is 0 Å². The lowest BCUT2D eigenvalue weighted by molar-refractivity contribution is 0.0897. The van der Waals surface area contributed by atoms with E-state index in [1.54, 1.807) is 0 Å². The predicted molar refractivity (Wildman–Crippen MR) is 81.0 cm³/mol. The molecule has 0 saturated carbocycles. The van der Waals surface area contributed by atoms with Crippen molar-refractivity contribution in [3.8, 4) is 0 Å². The van der Waals surface area contributed by atoms with Crippen LogP contribution >= 0.6 is 0 Å². The Hall–Kier alpha value is -1.81. The van der Waals surface area contributed by atoms with E-state index < -0.39 is 0 Å². The first-order valence-electron chi connectivity index (χ1n) is 6.94. The second kappa shape index (κ2) is 5.67. The number of aromatic amines is 1. The Labute approximate surface area is 119 Å². The molecule has 4 nitrogen and oxygen atoms in total. The highest BCUT2D eigenvalue weighted by Crippen LogP contribution is 2.22. The minimum Gasteiger partial charge on any atom is -0.394 e. The minimum atomic E-state index is -0.216. The van der Waals surface area contributed by atoms with E-state index in [0.717, 1.165) is 22.2 Å². The van der Waals surface area contributed by atoms with Gasteiger partial charge in [-0.2, -0.15) is 0 Å². The number of amides is 1. The van der Waals surface area contributed by atoms with Crippen molar-refractivity contribution in [3.63, 3.8) is 0 Å². The topological polar surface area (TPSA) is 65.1 Å². The smallest absolute Gasteiger partial charge is 0.251 e. The first kappa shape index (κ1) is 14.6. The molecule has 108 valence electrons. The van der Waals surface area contributed by atoms with Crippen LogP contribution in [0.25, 0.3) is 10.9 Å². The number of benzene rings is 1. The van der Waals surface area contributed by atoms with Gasteiger partial charge in [0.15, 0.2) is 0 Å². The van der Waals surface area contributed by atoms with Crippen LogP contribution < -0.4 is 5.32 Å². The molecule has 1 atom stereocenters. The van der Waals surface area contributed by atoms with Crippen molar-refractivity contribution < 1.29 is 9.90 Å². The summed E-state index contributed by atoms with van der Waals surface area (Å²) in [5, 5.41) is 13.2. The molecule has 0 saturated heterocycles. The highest BCUT2D eigenvalue weighted by Gasteiger charge is 2.17. The average Bonchev–Trinajstić information content (AvgIpc) is 2.70. The van der Waals surface area contributed by atoms with E-state index in [4.69, 9.17) is 0 Å². The van der Waals surface area contributed by atoms with Gasteiger partial charge >= 0.3 is 0 Å². The van der Waals surface area contributed by atoms with Crippen LogP contribution in [0.4, 0.5) is 0 Å². The second-order valence-electron chi connectivity index (χ2n) is 5.64. The maximum Gasteiger partial charge on any atom is 0.251 e. The van der Waals surface area contributed by atoms with Crippen molar-refractivity contribution in [2.24, 2.45) is 5.92 Å². The molecule has 2 rings (SSSR count). The molecule has 0 bridgehead atoms. The van der Waals surface area contributed by atoms with Crippen LogP contribution in [0.1, 0.15) is 35.5 Å². The van der Waals surface area contributed by atoms with Gasteiger partial charge in [-0.25, -0.2) is 0 Å². The third-order valence-corrected chi connectivity index (χ3v) is 3.89. The Balaban J connectivity index is 2.28. The van der Waals surface area contributed by atoms with E-state index in [1.165, 1.54) is 0 Å².